The van der Waals surface area contributed by atoms with E-state index < -0.39 is 11.3 Å². The number of nitrogens with two attached hydrogens (primary N) is 1. The van der Waals surface area contributed by atoms with E-state index in [2.05, 4.69) is 0 Å². The van der Waals surface area contributed by atoms with Crippen LogP contribution in [-0.2, 0) is 12.5 Å². The zero-order valence-corrected chi connectivity index (χ0v) is 9.35. The van der Waals surface area contributed by atoms with Crippen molar-refractivity contribution in [2.45, 2.75) is 33.2 Å². The summed E-state index contributed by atoms with van der Waals surface area (Å²) in [6, 6.07) is 6.20. The fourth-order valence-electron chi connectivity index (χ4n) is 1.28. The van der Waals surface area contributed by atoms with E-state index in [1.54, 1.807) is 12.1 Å². The molecule has 0 aliphatic rings. The quantitative estimate of drug-likeness (QED) is 0.801. The molecule has 0 bridgehead atoms. The molecule has 1 nitrogen and oxygen atoms in total. The highest BCUT2D eigenvalue weighted by molar-refractivity contribution is 5.27. The number of benzene rings is 1. The van der Waals surface area contributed by atoms with Gasteiger partial charge in [-0.05, 0) is 5.56 Å². The van der Waals surface area contributed by atoms with Crippen LogP contribution >= 0.6 is 0 Å². The second kappa shape index (κ2) is 3.89. The van der Waals surface area contributed by atoms with Crippen molar-refractivity contribution in [2.75, 3.05) is 0 Å². The maximum absolute atomic E-state index is 13.9. The first-order chi connectivity index (χ1) is 6.79. The first-order valence-corrected chi connectivity index (χ1v) is 4.96. The van der Waals surface area contributed by atoms with Crippen molar-refractivity contribution in [1.82, 2.24) is 0 Å². The zero-order chi connectivity index (χ0) is 11.7. The van der Waals surface area contributed by atoms with Gasteiger partial charge in [0.2, 0.25) is 0 Å². The van der Waals surface area contributed by atoms with E-state index in [-0.39, 0.29) is 5.56 Å². The molecule has 1 rings (SSSR count). The van der Waals surface area contributed by atoms with E-state index >= 15 is 0 Å². The van der Waals surface area contributed by atoms with Crippen LogP contribution < -0.4 is 5.73 Å². The molecule has 84 valence electrons. The molecule has 0 aliphatic carbocycles. The lowest BCUT2D eigenvalue weighted by Crippen LogP contribution is -2.31. The summed E-state index contributed by atoms with van der Waals surface area (Å²) in [4.78, 5) is 0. The van der Waals surface area contributed by atoms with E-state index in [9.17, 15) is 8.78 Å². The van der Waals surface area contributed by atoms with E-state index in [0.717, 1.165) is 5.56 Å². The molecule has 1 aromatic rings. The summed E-state index contributed by atoms with van der Waals surface area (Å²) in [5.41, 5.74) is 5.25. The van der Waals surface area contributed by atoms with Crippen molar-refractivity contribution < 1.29 is 8.78 Å². The standard InChI is InChI=1S/C12H17F2N/c1-11(2,3)12(13,14)10-6-4-9(8-15)5-7-10/h4-7H,8,15H2,1-3H3. The molecule has 0 aliphatic heterocycles. The molecule has 0 spiro atoms. The highest BCUT2D eigenvalue weighted by atomic mass is 19.3. The van der Waals surface area contributed by atoms with Gasteiger partial charge in [-0.2, -0.15) is 0 Å². The Balaban J connectivity index is 3.06. The molecule has 0 aromatic heterocycles. The Hall–Kier alpha value is -0.960. The third-order valence-corrected chi connectivity index (χ3v) is 2.49. The molecule has 1 aromatic carbocycles. The maximum atomic E-state index is 13.9. The lowest BCUT2D eigenvalue weighted by molar-refractivity contribution is -0.104. The van der Waals surface area contributed by atoms with Gasteiger partial charge in [0.05, 0.1) is 0 Å². The van der Waals surface area contributed by atoms with Crippen LogP contribution in [0.3, 0.4) is 0 Å². The van der Waals surface area contributed by atoms with E-state index in [1.165, 1.54) is 32.9 Å². The number of halogens is 2. The molecule has 0 unspecified atom stereocenters. The molecular formula is C12H17F2N. The Labute approximate surface area is 89.3 Å². The average molecular weight is 213 g/mol. The molecule has 0 saturated heterocycles. The van der Waals surface area contributed by atoms with Gasteiger partial charge in [-0.15, -0.1) is 0 Å². The van der Waals surface area contributed by atoms with E-state index in [0.29, 0.717) is 6.54 Å². The Morgan fingerprint density at radius 1 is 1.07 bits per heavy atom. The Morgan fingerprint density at radius 2 is 1.53 bits per heavy atom. The molecule has 0 radical (unpaired) electrons. The monoisotopic (exact) mass is 213 g/mol. The number of hydrogen-bond acceptors (Lipinski definition) is 1. The molecule has 0 fully saturated rings. The summed E-state index contributed by atoms with van der Waals surface area (Å²) < 4.78 is 27.7. The van der Waals surface area contributed by atoms with Gasteiger partial charge in [0.15, 0.2) is 0 Å². The van der Waals surface area contributed by atoms with Crippen LogP contribution in [0.5, 0.6) is 0 Å². The second-order valence-electron chi connectivity index (χ2n) is 4.73. The summed E-state index contributed by atoms with van der Waals surface area (Å²) in [7, 11) is 0. The molecule has 0 amide bonds. The van der Waals surface area contributed by atoms with Crippen LogP contribution in [-0.4, -0.2) is 0 Å². The average Bonchev–Trinajstić information content (AvgIpc) is 2.16. The summed E-state index contributed by atoms with van der Waals surface area (Å²) >= 11 is 0. The Bertz CT molecular complexity index is 322. The lowest BCUT2D eigenvalue weighted by atomic mass is 9.83. The van der Waals surface area contributed by atoms with Gasteiger partial charge in [-0.25, -0.2) is 8.78 Å². The van der Waals surface area contributed by atoms with E-state index in [4.69, 9.17) is 5.73 Å². The fourth-order valence-corrected chi connectivity index (χ4v) is 1.28. The molecule has 3 heteroatoms. The topological polar surface area (TPSA) is 26.0 Å². The van der Waals surface area contributed by atoms with Crippen molar-refractivity contribution >= 4 is 0 Å². The van der Waals surface area contributed by atoms with Gasteiger partial charge in [0.1, 0.15) is 0 Å². The zero-order valence-electron chi connectivity index (χ0n) is 9.35. The SMILES string of the molecule is CC(C)(C)C(F)(F)c1ccc(CN)cc1. The van der Waals surface area contributed by atoms with Crippen LogP contribution in [0.25, 0.3) is 0 Å². The van der Waals surface area contributed by atoms with Crippen molar-refractivity contribution in [3.8, 4) is 0 Å². The molecule has 0 heterocycles. The third kappa shape index (κ3) is 2.34. The second-order valence-corrected chi connectivity index (χ2v) is 4.73. The van der Waals surface area contributed by atoms with Gasteiger partial charge < -0.3 is 5.73 Å². The van der Waals surface area contributed by atoms with Crippen LogP contribution in [0.15, 0.2) is 24.3 Å². The van der Waals surface area contributed by atoms with Gasteiger partial charge >= 0.3 is 0 Å². The minimum atomic E-state index is -2.82. The van der Waals surface area contributed by atoms with Gasteiger partial charge in [0.25, 0.3) is 5.92 Å². The predicted molar refractivity (Wildman–Crippen MR) is 57.7 cm³/mol. The third-order valence-electron chi connectivity index (χ3n) is 2.49. The highest BCUT2D eigenvalue weighted by Crippen LogP contribution is 2.44. The highest BCUT2D eigenvalue weighted by Gasteiger charge is 2.44. The molecular weight excluding hydrogens is 196 g/mol. The van der Waals surface area contributed by atoms with Crippen LogP contribution in [0.2, 0.25) is 0 Å². The smallest absolute Gasteiger partial charge is 0.277 e. The maximum Gasteiger partial charge on any atom is 0.277 e. The van der Waals surface area contributed by atoms with Crippen LogP contribution in [0, 0.1) is 5.41 Å². The van der Waals surface area contributed by atoms with Crippen molar-refractivity contribution in [2.24, 2.45) is 11.1 Å². The van der Waals surface area contributed by atoms with Gasteiger partial charge in [-0.3, -0.25) is 0 Å². The summed E-state index contributed by atoms with van der Waals surface area (Å²) in [5, 5.41) is 0. The number of hydrogen-bond donors (Lipinski definition) is 1. The Kier molecular flexibility index (Phi) is 3.14. The summed E-state index contributed by atoms with van der Waals surface area (Å²) in [6.07, 6.45) is 0. The summed E-state index contributed by atoms with van der Waals surface area (Å²) in [5.74, 6) is -2.82. The number of alkyl halides is 2. The molecule has 0 saturated carbocycles. The minimum Gasteiger partial charge on any atom is -0.326 e. The normalized spacial score (nSPS) is 12.9. The van der Waals surface area contributed by atoms with Gasteiger partial charge in [-0.1, -0.05) is 45.0 Å². The largest absolute Gasteiger partial charge is 0.326 e. The van der Waals surface area contributed by atoms with Crippen molar-refractivity contribution in [3.63, 3.8) is 0 Å². The first-order valence-electron chi connectivity index (χ1n) is 4.96. The Morgan fingerprint density at radius 3 is 1.87 bits per heavy atom. The lowest BCUT2D eigenvalue weighted by Gasteiger charge is -2.30. The van der Waals surface area contributed by atoms with Crippen molar-refractivity contribution in [3.05, 3.63) is 35.4 Å². The number of rotatable bonds is 2. The molecule has 0 atom stereocenters. The van der Waals surface area contributed by atoms with E-state index in [1.807, 2.05) is 0 Å². The summed E-state index contributed by atoms with van der Waals surface area (Å²) in [6.45, 7) is 4.97. The molecule has 2 N–H and O–H groups in total. The first kappa shape index (κ1) is 12.1. The van der Waals surface area contributed by atoms with Gasteiger partial charge in [0, 0.05) is 17.5 Å². The minimum absolute atomic E-state index is 0.0483. The molecule has 15 heavy (non-hydrogen) atoms. The van der Waals surface area contributed by atoms with Crippen LogP contribution in [0.1, 0.15) is 31.9 Å². The van der Waals surface area contributed by atoms with Crippen molar-refractivity contribution in [1.29, 1.82) is 0 Å². The predicted octanol–water partition coefficient (Wildman–Crippen LogP) is 3.28. The fraction of sp³-hybridized carbons (Fsp3) is 0.500. The van der Waals surface area contributed by atoms with Crippen LogP contribution in [0.4, 0.5) is 8.78 Å².